The van der Waals surface area contributed by atoms with Gasteiger partial charge < -0.3 is 15.4 Å². The van der Waals surface area contributed by atoms with E-state index in [-0.39, 0.29) is 24.8 Å². The third-order valence-electron chi connectivity index (χ3n) is 5.10. The Bertz CT molecular complexity index is 865. The third kappa shape index (κ3) is 4.49. The minimum atomic E-state index is -0.579. The first-order valence-corrected chi connectivity index (χ1v) is 9.24. The lowest BCUT2D eigenvalue weighted by molar-refractivity contribution is -0.122. The van der Waals surface area contributed by atoms with Crippen molar-refractivity contribution in [1.29, 1.82) is 0 Å². The van der Waals surface area contributed by atoms with Crippen molar-refractivity contribution in [2.75, 3.05) is 19.7 Å². The fraction of sp³-hybridized carbons (Fsp3) is 0.450. The second kappa shape index (κ2) is 8.00. The summed E-state index contributed by atoms with van der Waals surface area (Å²) in [7, 11) is 1.77. The maximum atomic E-state index is 13.1. The van der Waals surface area contributed by atoms with E-state index in [0.29, 0.717) is 36.5 Å². The fourth-order valence-electron chi connectivity index (χ4n) is 3.81. The molecule has 0 unspecified atom stereocenters. The maximum absolute atomic E-state index is 13.1. The van der Waals surface area contributed by atoms with Crippen LogP contribution in [0.4, 0.5) is 4.39 Å². The number of halogens is 1. The molecule has 1 saturated heterocycles. The smallest absolute Gasteiger partial charge is 0.257 e. The van der Waals surface area contributed by atoms with Crippen molar-refractivity contribution >= 4 is 11.8 Å². The standard InChI is InChI=1S/C20H25FN4O3/c1-14-17(11-24(2)23-14)19(27)25-9-3-8-20(12-25,10-18(22)26)13-28-16-6-4-15(21)5-7-16/h4-7,11H,3,8-10,12-13H2,1-2H3,(H2,22,26)/t20-/m1/s1. The Hall–Kier alpha value is -2.90. The van der Waals surface area contributed by atoms with Crippen molar-refractivity contribution in [3.05, 3.63) is 47.5 Å². The van der Waals surface area contributed by atoms with Crippen molar-refractivity contribution in [3.8, 4) is 5.75 Å². The van der Waals surface area contributed by atoms with E-state index in [2.05, 4.69) is 5.10 Å². The van der Waals surface area contributed by atoms with E-state index in [1.165, 1.54) is 24.3 Å². The van der Waals surface area contributed by atoms with Crippen LogP contribution < -0.4 is 10.5 Å². The van der Waals surface area contributed by atoms with Crippen molar-refractivity contribution in [2.45, 2.75) is 26.2 Å². The zero-order valence-electron chi connectivity index (χ0n) is 16.2. The molecule has 2 amide bonds. The molecule has 1 aromatic heterocycles. The summed E-state index contributed by atoms with van der Waals surface area (Å²) in [6.45, 7) is 2.98. The molecular formula is C20H25FN4O3. The van der Waals surface area contributed by atoms with Crippen LogP contribution in [0.2, 0.25) is 0 Å². The molecule has 7 nitrogen and oxygen atoms in total. The van der Waals surface area contributed by atoms with E-state index in [0.717, 1.165) is 6.42 Å². The number of benzene rings is 1. The molecule has 8 heteroatoms. The number of primary amides is 1. The first-order valence-electron chi connectivity index (χ1n) is 9.24. The van der Waals surface area contributed by atoms with Crippen LogP contribution in [-0.4, -0.2) is 46.2 Å². The first kappa shape index (κ1) is 19.9. The molecule has 3 rings (SSSR count). The van der Waals surface area contributed by atoms with Gasteiger partial charge in [-0.15, -0.1) is 0 Å². The number of nitrogens with zero attached hydrogens (tertiary/aromatic N) is 3. The SMILES string of the molecule is Cc1nn(C)cc1C(=O)N1CCC[C@@](COc2ccc(F)cc2)(CC(N)=O)C1. The van der Waals surface area contributed by atoms with E-state index in [1.54, 1.807) is 29.7 Å². The van der Waals surface area contributed by atoms with Gasteiger partial charge in [0.05, 0.1) is 17.9 Å². The van der Waals surface area contributed by atoms with Gasteiger partial charge >= 0.3 is 0 Å². The molecule has 1 aromatic carbocycles. The predicted octanol–water partition coefficient (Wildman–Crippen LogP) is 2.04. The Morgan fingerprint density at radius 3 is 2.64 bits per heavy atom. The second-order valence-corrected chi connectivity index (χ2v) is 7.52. The number of hydrogen-bond donors (Lipinski definition) is 1. The van der Waals surface area contributed by atoms with E-state index in [4.69, 9.17) is 10.5 Å². The molecular weight excluding hydrogens is 363 g/mol. The molecule has 2 N–H and O–H groups in total. The van der Waals surface area contributed by atoms with Gasteiger partial charge in [-0.1, -0.05) is 0 Å². The molecule has 150 valence electrons. The highest BCUT2D eigenvalue weighted by Gasteiger charge is 2.40. The molecule has 1 fully saturated rings. The van der Waals surface area contributed by atoms with Gasteiger partial charge in [0.15, 0.2) is 0 Å². The summed E-state index contributed by atoms with van der Waals surface area (Å²) >= 11 is 0. The van der Waals surface area contributed by atoms with E-state index < -0.39 is 11.3 Å². The number of carbonyl (C=O) groups is 2. The quantitative estimate of drug-likeness (QED) is 0.820. The van der Waals surface area contributed by atoms with Crippen LogP contribution in [0.1, 0.15) is 35.3 Å². The zero-order chi connectivity index (χ0) is 20.3. The summed E-state index contributed by atoms with van der Waals surface area (Å²) in [6.07, 6.45) is 3.28. The van der Waals surface area contributed by atoms with Crippen molar-refractivity contribution in [1.82, 2.24) is 14.7 Å². The van der Waals surface area contributed by atoms with Crippen LogP contribution in [0.15, 0.2) is 30.5 Å². The topological polar surface area (TPSA) is 90.4 Å². The average molecular weight is 388 g/mol. The van der Waals surface area contributed by atoms with Crippen molar-refractivity contribution < 1.29 is 18.7 Å². The van der Waals surface area contributed by atoms with Crippen LogP contribution in [0.3, 0.4) is 0 Å². The number of ether oxygens (including phenoxy) is 1. The number of aromatic nitrogens is 2. The Balaban J connectivity index is 1.77. The molecule has 2 aromatic rings. The summed E-state index contributed by atoms with van der Waals surface area (Å²) in [4.78, 5) is 26.5. The van der Waals surface area contributed by atoms with Gasteiger partial charge in [-0.3, -0.25) is 14.3 Å². The molecule has 0 spiro atoms. The van der Waals surface area contributed by atoms with Crippen LogP contribution >= 0.6 is 0 Å². The molecule has 0 bridgehead atoms. The Morgan fingerprint density at radius 1 is 1.32 bits per heavy atom. The zero-order valence-corrected chi connectivity index (χ0v) is 16.2. The minimum absolute atomic E-state index is 0.110. The first-order chi connectivity index (χ1) is 13.3. The van der Waals surface area contributed by atoms with E-state index in [9.17, 15) is 14.0 Å². The highest BCUT2D eigenvalue weighted by Crippen LogP contribution is 2.35. The third-order valence-corrected chi connectivity index (χ3v) is 5.10. The van der Waals surface area contributed by atoms with Gasteiger partial charge in [-0.2, -0.15) is 5.10 Å². The molecule has 2 heterocycles. The lowest BCUT2D eigenvalue weighted by atomic mass is 9.77. The molecule has 0 saturated carbocycles. The Labute approximate surface area is 163 Å². The summed E-state index contributed by atoms with van der Waals surface area (Å²) in [6, 6.07) is 5.71. The van der Waals surface area contributed by atoms with Gasteiger partial charge in [-0.05, 0) is 44.0 Å². The average Bonchev–Trinajstić information content (AvgIpc) is 2.98. The van der Waals surface area contributed by atoms with Crippen LogP contribution in [0.25, 0.3) is 0 Å². The highest BCUT2D eigenvalue weighted by atomic mass is 19.1. The molecule has 0 aliphatic carbocycles. The molecule has 1 aliphatic rings. The number of likely N-dealkylation sites (tertiary alicyclic amines) is 1. The number of nitrogens with two attached hydrogens (primary N) is 1. The van der Waals surface area contributed by atoms with Crippen LogP contribution in [-0.2, 0) is 11.8 Å². The van der Waals surface area contributed by atoms with Crippen LogP contribution in [0, 0.1) is 18.2 Å². The normalized spacial score (nSPS) is 19.5. The van der Waals surface area contributed by atoms with Gasteiger partial charge in [-0.25, -0.2) is 4.39 Å². The molecule has 1 aliphatic heterocycles. The minimum Gasteiger partial charge on any atom is -0.493 e. The highest BCUT2D eigenvalue weighted by molar-refractivity contribution is 5.95. The van der Waals surface area contributed by atoms with E-state index >= 15 is 0 Å². The lowest BCUT2D eigenvalue weighted by Crippen LogP contribution is -2.50. The Kier molecular flexibility index (Phi) is 5.67. The second-order valence-electron chi connectivity index (χ2n) is 7.52. The number of piperidine rings is 1. The Morgan fingerprint density at radius 2 is 2.04 bits per heavy atom. The van der Waals surface area contributed by atoms with Gasteiger partial charge in [0.1, 0.15) is 11.6 Å². The summed E-state index contributed by atoms with van der Waals surface area (Å²) < 4.78 is 20.5. The summed E-state index contributed by atoms with van der Waals surface area (Å²) in [5.74, 6) is -0.382. The number of rotatable bonds is 6. The molecule has 0 radical (unpaired) electrons. The molecule has 28 heavy (non-hydrogen) atoms. The summed E-state index contributed by atoms with van der Waals surface area (Å²) in [5, 5.41) is 4.23. The summed E-state index contributed by atoms with van der Waals surface area (Å²) in [5.41, 5.74) is 6.14. The largest absolute Gasteiger partial charge is 0.493 e. The van der Waals surface area contributed by atoms with Crippen molar-refractivity contribution in [3.63, 3.8) is 0 Å². The number of amides is 2. The number of hydrogen-bond acceptors (Lipinski definition) is 4. The van der Waals surface area contributed by atoms with Gasteiger partial charge in [0, 0.05) is 38.2 Å². The number of aryl methyl sites for hydroxylation is 2. The van der Waals surface area contributed by atoms with E-state index in [1.807, 2.05) is 0 Å². The van der Waals surface area contributed by atoms with Gasteiger partial charge in [0.25, 0.3) is 5.91 Å². The number of carbonyl (C=O) groups excluding carboxylic acids is 2. The lowest BCUT2D eigenvalue weighted by Gasteiger charge is -2.42. The maximum Gasteiger partial charge on any atom is 0.257 e. The van der Waals surface area contributed by atoms with Crippen LogP contribution in [0.5, 0.6) is 5.75 Å². The fourth-order valence-corrected chi connectivity index (χ4v) is 3.81. The van der Waals surface area contributed by atoms with Gasteiger partial charge in [0.2, 0.25) is 5.91 Å². The predicted molar refractivity (Wildman–Crippen MR) is 101 cm³/mol. The molecule has 1 atom stereocenters. The monoisotopic (exact) mass is 388 g/mol. The van der Waals surface area contributed by atoms with Crippen molar-refractivity contribution in [2.24, 2.45) is 18.2 Å².